The summed E-state index contributed by atoms with van der Waals surface area (Å²) >= 11 is 0. The quantitative estimate of drug-likeness (QED) is 0.473. The number of sulfonamides is 1. The molecule has 0 bridgehead atoms. The van der Waals surface area contributed by atoms with E-state index >= 15 is 0 Å². The molecule has 2 aromatic rings. The van der Waals surface area contributed by atoms with Gasteiger partial charge in [0.2, 0.25) is 15.9 Å². The van der Waals surface area contributed by atoms with Gasteiger partial charge in [-0.1, -0.05) is 27.7 Å². The van der Waals surface area contributed by atoms with E-state index in [9.17, 15) is 18.0 Å². The molecule has 0 aliphatic carbocycles. The van der Waals surface area contributed by atoms with Gasteiger partial charge < -0.3 is 19.4 Å². The molecule has 1 heterocycles. The van der Waals surface area contributed by atoms with Gasteiger partial charge in [0.15, 0.2) is 11.5 Å². The Morgan fingerprint density at radius 2 is 1.61 bits per heavy atom. The predicted octanol–water partition coefficient (Wildman–Crippen LogP) is 3.10. The van der Waals surface area contributed by atoms with Gasteiger partial charge in [-0.3, -0.25) is 9.59 Å². The molecule has 1 amide bonds. The number of aromatic nitrogens is 1. The van der Waals surface area contributed by atoms with Crippen molar-refractivity contribution in [2.45, 2.75) is 52.0 Å². The molecule has 0 saturated heterocycles. The van der Waals surface area contributed by atoms with Crippen molar-refractivity contribution in [2.24, 2.45) is 0 Å². The van der Waals surface area contributed by atoms with Gasteiger partial charge >= 0.3 is 0 Å². The minimum absolute atomic E-state index is 0.0359. The molecule has 9 nitrogen and oxygen atoms in total. The molecule has 0 aliphatic rings. The van der Waals surface area contributed by atoms with Crippen LogP contribution in [0.15, 0.2) is 46.2 Å². The molecule has 33 heavy (non-hydrogen) atoms. The highest BCUT2D eigenvalue weighted by Gasteiger charge is 2.22. The van der Waals surface area contributed by atoms with Crippen molar-refractivity contribution >= 4 is 21.6 Å². The van der Waals surface area contributed by atoms with Crippen molar-refractivity contribution in [2.75, 3.05) is 31.6 Å². The van der Waals surface area contributed by atoms with Crippen LogP contribution in [0, 0.1) is 0 Å². The number of ether oxygens (including phenoxy) is 2. The Kier molecular flexibility index (Phi) is 9.93. The molecule has 0 aliphatic heterocycles. The Labute approximate surface area is 195 Å². The number of nitrogens with zero attached hydrogens (tertiary/aromatic N) is 2. The summed E-state index contributed by atoms with van der Waals surface area (Å²) in [6, 6.07) is 7.49. The van der Waals surface area contributed by atoms with E-state index in [1.54, 1.807) is 32.0 Å². The number of benzene rings is 1. The second-order valence-corrected chi connectivity index (χ2v) is 9.26. The minimum Gasteiger partial charge on any atom is -0.490 e. The van der Waals surface area contributed by atoms with E-state index in [1.165, 1.54) is 16.6 Å². The van der Waals surface area contributed by atoms with Crippen LogP contribution in [0.25, 0.3) is 0 Å². The lowest BCUT2D eigenvalue weighted by Gasteiger charge is -2.19. The summed E-state index contributed by atoms with van der Waals surface area (Å²) in [6.45, 7) is 8.79. The molecule has 0 fully saturated rings. The summed E-state index contributed by atoms with van der Waals surface area (Å²) in [5.41, 5.74) is 0.00819. The topological polar surface area (TPSA) is 107 Å². The Morgan fingerprint density at radius 1 is 0.970 bits per heavy atom. The van der Waals surface area contributed by atoms with Gasteiger partial charge in [0, 0.05) is 37.1 Å². The van der Waals surface area contributed by atoms with Crippen molar-refractivity contribution in [3.63, 3.8) is 0 Å². The van der Waals surface area contributed by atoms with E-state index in [0.29, 0.717) is 43.5 Å². The van der Waals surface area contributed by atoms with Gasteiger partial charge in [-0.25, -0.2) is 8.42 Å². The smallest absolute Gasteiger partial charge is 0.251 e. The minimum atomic E-state index is -3.75. The first-order chi connectivity index (χ1) is 15.8. The van der Waals surface area contributed by atoms with Crippen LogP contribution in [0.1, 0.15) is 40.5 Å². The zero-order chi connectivity index (χ0) is 24.4. The van der Waals surface area contributed by atoms with E-state index in [-0.39, 0.29) is 11.4 Å². The number of carbonyl (C=O) groups excluding carboxylic acids is 1. The van der Waals surface area contributed by atoms with Gasteiger partial charge in [-0.15, -0.1) is 0 Å². The van der Waals surface area contributed by atoms with Crippen LogP contribution in [0.4, 0.5) is 5.69 Å². The van der Waals surface area contributed by atoms with E-state index in [0.717, 1.165) is 23.5 Å². The fourth-order valence-corrected chi connectivity index (χ4v) is 4.57. The second-order valence-electron chi connectivity index (χ2n) is 7.33. The highest BCUT2D eigenvalue weighted by molar-refractivity contribution is 7.89. The summed E-state index contributed by atoms with van der Waals surface area (Å²) in [5.74, 6) is 0.638. The molecule has 1 N–H and O–H groups in total. The number of anilines is 1. The average molecular weight is 480 g/mol. The molecule has 2 rings (SSSR count). The SMILES string of the molecule is CCCOc1ccc(NC(=O)Cn2cc(S(=O)(=O)N(CC)CC)ccc2=O)cc1OCCC. The maximum atomic E-state index is 12.7. The lowest BCUT2D eigenvalue weighted by molar-refractivity contribution is -0.116. The van der Waals surface area contributed by atoms with E-state index < -0.39 is 21.5 Å². The van der Waals surface area contributed by atoms with Gasteiger partial charge in [0.1, 0.15) is 6.54 Å². The van der Waals surface area contributed by atoms with Crippen molar-refractivity contribution in [3.8, 4) is 11.5 Å². The number of hydrogen-bond acceptors (Lipinski definition) is 6. The van der Waals surface area contributed by atoms with Crippen molar-refractivity contribution < 1.29 is 22.7 Å². The van der Waals surface area contributed by atoms with Crippen molar-refractivity contribution in [1.29, 1.82) is 0 Å². The predicted molar refractivity (Wildman–Crippen MR) is 127 cm³/mol. The standard InChI is InChI=1S/C23H33N3O6S/c1-5-13-31-20-11-9-18(15-21(20)32-14-6-2)24-22(27)17-25-16-19(10-12-23(25)28)33(29,30)26(7-3)8-4/h9-12,15-16H,5-8,13-14,17H2,1-4H3,(H,24,27). The van der Waals surface area contributed by atoms with E-state index in [1.807, 2.05) is 13.8 Å². The largest absolute Gasteiger partial charge is 0.490 e. The Hall–Kier alpha value is -2.85. The molecule has 0 spiro atoms. The molecule has 0 atom stereocenters. The molecule has 10 heteroatoms. The van der Waals surface area contributed by atoms with Gasteiger partial charge in [0.25, 0.3) is 5.56 Å². The Bertz CT molecular complexity index is 1090. The lowest BCUT2D eigenvalue weighted by atomic mass is 10.2. The normalized spacial score (nSPS) is 11.4. The molecular weight excluding hydrogens is 446 g/mol. The molecule has 1 aromatic carbocycles. The first kappa shape index (κ1) is 26.4. The number of amides is 1. The molecule has 1 aromatic heterocycles. The van der Waals surface area contributed by atoms with Crippen molar-refractivity contribution in [3.05, 3.63) is 46.9 Å². The maximum Gasteiger partial charge on any atom is 0.251 e. The van der Waals surface area contributed by atoms with Crippen LogP contribution in [0.2, 0.25) is 0 Å². The summed E-state index contributed by atoms with van der Waals surface area (Å²) < 4.78 is 39.3. The maximum absolute atomic E-state index is 12.7. The summed E-state index contributed by atoms with van der Waals surface area (Å²) in [7, 11) is -3.75. The van der Waals surface area contributed by atoms with Gasteiger partial charge in [0.05, 0.1) is 18.1 Å². The fraction of sp³-hybridized carbons (Fsp3) is 0.478. The summed E-state index contributed by atoms with van der Waals surface area (Å²) in [6.07, 6.45) is 2.87. The molecular formula is C23H33N3O6S. The summed E-state index contributed by atoms with van der Waals surface area (Å²) in [5, 5.41) is 2.73. The number of nitrogens with one attached hydrogen (secondary N) is 1. The third-order valence-corrected chi connectivity index (χ3v) is 6.80. The zero-order valence-electron chi connectivity index (χ0n) is 19.7. The van der Waals surface area contributed by atoms with Gasteiger partial charge in [-0.05, 0) is 31.0 Å². The monoisotopic (exact) mass is 479 g/mol. The van der Waals surface area contributed by atoms with Crippen LogP contribution in [0.5, 0.6) is 11.5 Å². The highest BCUT2D eigenvalue weighted by Crippen LogP contribution is 2.31. The fourth-order valence-electron chi connectivity index (χ4n) is 3.10. The Morgan fingerprint density at radius 3 is 2.21 bits per heavy atom. The van der Waals surface area contributed by atoms with Crippen LogP contribution in [-0.2, 0) is 21.4 Å². The number of carbonyl (C=O) groups is 1. The highest BCUT2D eigenvalue weighted by atomic mass is 32.2. The van der Waals surface area contributed by atoms with Crippen LogP contribution < -0.4 is 20.3 Å². The van der Waals surface area contributed by atoms with E-state index in [2.05, 4.69) is 5.32 Å². The second kappa shape index (κ2) is 12.4. The van der Waals surface area contributed by atoms with Crippen LogP contribution in [0.3, 0.4) is 0 Å². The van der Waals surface area contributed by atoms with Crippen LogP contribution in [-0.4, -0.2) is 49.5 Å². The Balaban J connectivity index is 2.21. The molecule has 0 radical (unpaired) electrons. The van der Waals surface area contributed by atoms with Gasteiger partial charge in [-0.2, -0.15) is 4.31 Å². The number of rotatable bonds is 13. The number of hydrogen-bond donors (Lipinski definition) is 1. The number of pyridine rings is 1. The zero-order valence-corrected chi connectivity index (χ0v) is 20.5. The molecule has 0 unspecified atom stereocenters. The summed E-state index contributed by atoms with van der Waals surface area (Å²) in [4.78, 5) is 24.8. The first-order valence-corrected chi connectivity index (χ1v) is 12.6. The third kappa shape index (κ3) is 7.06. The van der Waals surface area contributed by atoms with Crippen molar-refractivity contribution in [1.82, 2.24) is 8.87 Å². The molecule has 182 valence electrons. The average Bonchev–Trinajstić information content (AvgIpc) is 2.78. The molecule has 0 saturated carbocycles. The third-order valence-electron chi connectivity index (χ3n) is 4.76. The van der Waals surface area contributed by atoms with E-state index in [4.69, 9.17) is 9.47 Å². The first-order valence-electron chi connectivity index (χ1n) is 11.2. The lowest BCUT2D eigenvalue weighted by Crippen LogP contribution is -2.33. The van der Waals surface area contributed by atoms with Crippen LogP contribution >= 0.6 is 0 Å².